The minimum atomic E-state index is 0.0464. The second-order valence-corrected chi connectivity index (χ2v) is 7.14. The molecule has 0 fully saturated rings. The van der Waals surface area contributed by atoms with Crippen molar-refractivity contribution in [1.82, 2.24) is 0 Å². The van der Waals surface area contributed by atoms with E-state index in [0.717, 1.165) is 0 Å². The molecule has 2 aromatic rings. The number of nitrogens with zero attached hydrogens (tertiary/aromatic N) is 1. The van der Waals surface area contributed by atoms with Gasteiger partial charge in [-0.1, -0.05) is 49.2 Å². The maximum Gasteiger partial charge on any atom is 0.0479 e. The zero-order valence-electron chi connectivity index (χ0n) is 14.3. The molecule has 21 heavy (non-hydrogen) atoms. The Kier molecular flexibility index (Phi) is 2.95. The van der Waals surface area contributed by atoms with Crippen LogP contribution < -0.4 is 4.90 Å². The van der Waals surface area contributed by atoms with Gasteiger partial charge in [-0.25, -0.2) is 0 Å². The van der Waals surface area contributed by atoms with Crippen molar-refractivity contribution in [2.75, 3.05) is 11.9 Å². The van der Waals surface area contributed by atoms with Crippen LogP contribution in [0, 0.1) is 27.7 Å². The van der Waals surface area contributed by atoms with Gasteiger partial charge in [0, 0.05) is 23.8 Å². The summed E-state index contributed by atoms with van der Waals surface area (Å²) in [4.78, 5) is 2.39. The van der Waals surface area contributed by atoms with Gasteiger partial charge in [-0.05, 0) is 49.9 Å². The molecule has 0 bridgehead atoms. The van der Waals surface area contributed by atoms with E-state index in [1.54, 1.807) is 0 Å². The lowest BCUT2D eigenvalue weighted by Gasteiger charge is -2.42. The molecular weight excluding hydrogens is 254 g/mol. The molecule has 0 saturated heterocycles. The first kappa shape index (κ1) is 14.2. The van der Waals surface area contributed by atoms with Crippen LogP contribution in [0.4, 0.5) is 11.4 Å². The van der Waals surface area contributed by atoms with Gasteiger partial charge < -0.3 is 4.90 Å². The van der Waals surface area contributed by atoms with E-state index in [9.17, 15) is 0 Å². The summed E-state index contributed by atoms with van der Waals surface area (Å²) in [5.41, 5.74) is 11.1. The van der Waals surface area contributed by atoms with Crippen molar-refractivity contribution in [3.63, 3.8) is 0 Å². The molecule has 0 atom stereocenters. The van der Waals surface area contributed by atoms with Crippen molar-refractivity contribution < 1.29 is 0 Å². The van der Waals surface area contributed by atoms with E-state index in [1.807, 2.05) is 0 Å². The van der Waals surface area contributed by atoms with Crippen molar-refractivity contribution in [2.24, 2.45) is 0 Å². The summed E-state index contributed by atoms with van der Waals surface area (Å²) in [5, 5.41) is 0. The molecule has 0 amide bonds. The molecule has 1 heteroatoms. The van der Waals surface area contributed by atoms with Crippen molar-refractivity contribution in [2.45, 2.75) is 47.0 Å². The highest BCUT2D eigenvalue weighted by Crippen LogP contribution is 2.51. The number of rotatable bonds is 0. The first-order valence-electron chi connectivity index (χ1n) is 7.70. The highest BCUT2D eigenvalue weighted by atomic mass is 15.1. The monoisotopic (exact) mass is 279 g/mol. The van der Waals surface area contributed by atoms with Crippen molar-refractivity contribution in [3.8, 4) is 0 Å². The van der Waals surface area contributed by atoms with Crippen LogP contribution in [0.25, 0.3) is 0 Å². The third kappa shape index (κ3) is 1.91. The van der Waals surface area contributed by atoms with Crippen LogP contribution in [0.1, 0.15) is 47.2 Å². The minimum absolute atomic E-state index is 0.0464. The molecule has 0 saturated carbocycles. The average Bonchev–Trinajstić information content (AvgIpc) is 2.34. The average molecular weight is 279 g/mol. The number of anilines is 2. The molecule has 110 valence electrons. The van der Waals surface area contributed by atoms with Gasteiger partial charge in [0.2, 0.25) is 0 Å². The number of aryl methyl sites for hydroxylation is 4. The van der Waals surface area contributed by atoms with Crippen molar-refractivity contribution in [1.29, 1.82) is 0 Å². The topological polar surface area (TPSA) is 3.24 Å². The summed E-state index contributed by atoms with van der Waals surface area (Å²) >= 11 is 0. The normalized spacial score (nSPS) is 15.7. The Morgan fingerprint density at radius 3 is 1.48 bits per heavy atom. The van der Waals surface area contributed by atoms with E-state index in [4.69, 9.17) is 0 Å². The van der Waals surface area contributed by atoms with E-state index < -0.39 is 0 Å². The highest BCUT2D eigenvalue weighted by molar-refractivity contribution is 5.81. The van der Waals surface area contributed by atoms with Crippen molar-refractivity contribution in [3.05, 3.63) is 57.6 Å². The third-order valence-electron chi connectivity index (χ3n) is 4.91. The Morgan fingerprint density at radius 2 is 1.10 bits per heavy atom. The molecule has 1 aliphatic rings. The molecule has 0 spiro atoms. The lowest BCUT2D eigenvalue weighted by Crippen LogP contribution is -2.32. The van der Waals surface area contributed by atoms with Crippen LogP contribution in [0.15, 0.2) is 24.3 Å². The maximum absolute atomic E-state index is 2.39. The van der Waals surface area contributed by atoms with Crippen LogP contribution in [0.2, 0.25) is 0 Å². The fourth-order valence-corrected chi connectivity index (χ4v) is 4.02. The summed E-state index contributed by atoms with van der Waals surface area (Å²) in [5.74, 6) is 0. The number of benzene rings is 2. The minimum Gasteiger partial charge on any atom is -0.344 e. The molecule has 1 nitrogen and oxygen atoms in total. The van der Waals surface area contributed by atoms with Gasteiger partial charge in [-0.2, -0.15) is 0 Å². The zero-order valence-corrected chi connectivity index (χ0v) is 14.3. The Hall–Kier alpha value is -1.76. The fourth-order valence-electron chi connectivity index (χ4n) is 4.02. The van der Waals surface area contributed by atoms with Crippen LogP contribution in [-0.4, -0.2) is 7.05 Å². The summed E-state index contributed by atoms with van der Waals surface area (Å²) in [7, 11) is 2.21. The molecule has 0 aromatic heterocycles. The molecular formula is C20H25N. The molecule has 0 radical (unpaired) electrons. The molecule has 2 aromatic carbocycles. The Labute approximate surface area is 128 Å². The molecule has 3 rings (SSSR count). The first-order chi connectivity index (χ1) is 9.73. The Balaban J connectivity index is 2.41. The fraction of sp³-hybridized carbons (Fsp3) is 0.400. The summed E-state index contributed by atoms with van der Waals surface area (Å²) in [6.45, 7) is 13.6. The molecule has 0 aliphatic carbocycles. The van der Waals surface area contributed by atoms with E-state index in [1.165, 1.54) is 44.8 Å². The van der Waals surface area contributed by atoms with Crippen LogP contribution in [0.3, 0.4) is 0 Å². The van der Waals surface area contributed by atoms with Gasteiger partial charge >= 0.3 is 0 Å². The van der Waals surface area contributed by atoms with E-state index in [0.29, 0.717) is 0 Å². The number of hydrogen-bond acceptors (Lipinski definition) is 1. The zero-order chi connectivity index (χ0) is 15.5. The summed E-state index contributed by atoms with van der Waals surface area (Å²) in [6, 6.07) is 9.30. The lowest BCUT2D eigenvalue weighted by atomic mass is 9.71. The number of fused-ring (bicyclic) bond motifs is 2. The first-order valence-corrected chi connectivity index (χ1v) is 7.70. The molecule has 0 N–H and O–H groups in total. The van der Waals surface area contributed by atoms with Gasteiger partial charge in [0.05, 0.1) is 0 Å². The van der Waals surface area contributed by atoms with Crippen LogP contribution >= 0.6 is 0 Å². The quantitative estimate of drug-likeness (QED) is 0.630. The van der Waals surface area contributed by atoms with E-state index >= 15 is 0 Å². The van der Waals surface area contributed by atoms with Crippen molar-refractivity contribution >= 4 is 11.4 Å². The van der Waals surface area contributed by atoms with Crippen LogP contribution in [0.5, 0.6) is 0 Å². The third-order valence-corrected chi connectivity index (χ3v) is 4.91. The molecule has 0 unspecified atom stereocenters. The largest absolute Gasteiger partial charge is 0.344 e. The standard InChI is InChI=1S/C20H25N/c1-12-8-14(3)18-16(10-12)20(5,6)17-11-13(2)9-15(4)19(17)21(18)7/h8-11H,1-7H3. The lowest BCUT2D eigenvalue weighted by molar-refractivity contribution is 0.626. The molecule has 1 heterocycles. The highest BCUT2D eigenvalue weighted by Gasteiger charge is 2.36. The predicted octanol–water partition coefficient (Wildman–Crippen LogP) is 5.33. The van der Waals surface area contributed by atoms with Gasteiger partial charge in [-0.3, -0.25) is 0 Å². The van der Waals surface area contributed by atoms with E-state index in [-0.39, 0.29) is 5.41 Å². The molecule has 1 aliphatic heterocycles. The summed E-state index contributed by atoms with van der Waals surface area (Å²) in [6.07, 6.45) is 0. The maximum atomic E-state index is 2.39. The second kappa shape index (κ2) is 4.37. The predicted molar refractivity (Wildman–Crippen MR) is 92.0 cm³/mol. The smallest absolute Gasteiger partial charge is 0.0479 e. The van der Waals surface area contributed by atoms with Gasteiger partial charge in [0.15, 0.2) is 0 Å². The Bertz CT molecular complexity index is 676. The SMILES string of the molecule is Cc1cc(C)c2c(c1)C(C)(C)c1cc(C)cc(C)c1N2C. The van der Waals surface area contributed by atoms with Gasteiger partial charge in [0.1, 0.15) is 0 Å². The number of hydrogen-bond donors (Lipinski definition) is 0. The van der Waals surface area contributed by atoms with Crippen LogP contribution in [-0.2, 0) is 5.41 Å². The second-order valence-electron chi connectivity index (χ2n) is 7.14. The van der Waals surface area contributed by atoms with Gasteiger partial charge in [0.25, 0.3) is 0 Å². The van der Waals surface area contributed by atoms with Gasteiger partial charge in [-0.15, -0.1) is 0 Å². The summed E-state index contributed by atoms with van der Waals surface area (Å²) < 4.78 is 0. The Morgan fingerprint density at radius 1 is 0.714 bits per heavy atom. The van der Waals surface area contributed by atoms with E-state index in [2.05, 4.69) is 77.8 Å².